The van der Waals surface area contributed by atoms with Crippen LogP contribution in [0, 0.1) is 0 Å². The maximum Gasteiger partial charge on any atom is 0.253 e. The van der Waals surface area contributed by atoms with E-state index in [4.69, 9.17) is 0 Å². The van der Waals surface area contributed by atoms with E-state index in [2.05, 4.69) is 5.32 Å². The average molecular weight is 305 g/mol. The first-order chi connectivity index (χ1) is 10.7. The van der Waals surface area contributed by atoms with E-state index in [1.54, 1.807) is 4.90 Å². The monoisotopic (exact) mass is 305 g/mol. The normalized spacial score (nSPS) is 20.9. The predicted molar refractivity (Wildman–Crippen MR) is 86.3 cm³/mol. The number of anilines is 2. The highest BCUT2D eigenvalue weighted by molar-refractivity contribution is 5.75. The van der Waals surface area contributed by atoms with Gasteiger partial charge in [-0.1, -0.05) is 25.7 Å². The molecule has 1 N–H and O–H groups in total. The van der Waals surface area contributed by atoms with Gasteiger partial charge in [-0.25, -0.2) is 0 Å². The second kappa shape index (κ2) is 6.50. The van der Waals surface area contributed by atoms with E-state index in [-0.39, 0.29) is 10.9 Å². The number of carbonyl (C=O) groups is 1. The molecule has 1 amide bonds. The summed E-state index contributed by atoms with van der Waals surface area (Å²) in [5.41, 5.74) is 0.295. The quantitative estimate of drug-likeness (QED) is 0.504. The summed E-state index contributed by atoms with van der Waals surface area (Å²) in [7, 11) is 0. The van der Waals surface area contributed by atoms with Crippen molar-refractivity contribution in [1.82, 2.24) is 4.90 Å². The molecule has 1 aromatic carbocycles. The van der Waals surface area contributed by atoms with Crippen LogP contribution >= 0.6 is 0 Å². The number of carbonyl (C=O) groups excluding carboxylic acids is 1. The van der Waals surface area contributed by atoms with Gasteiger partial charge in [-0.2, -0.15) is 0 Å². The molecule has 3 rings (SSSR count). The number of amides is 1. The van der Waals surface area contributed by atoms with Gasteiger partial charge < -0.3 is 15.1 Å². The Labute approximate surface area is 129 Å². The Morgan fingerprint density at radius 2 is 1.55 bits per heavy atom. The van der Waals surface area contributed by atoms with Gasteiger partial charge in [0, 0.05) is 32.2 Å². The summed E-state index contributed by atoms with van der Waals surface area (Å²) in [5, 5.41) is 3.33. The van der Waals surface area contributed by atoms with Gasteiger partial charge in [0.2, 0.25) is 6.41 Å². The number of nitrogens with zero attached hydrogens (tertiary/aromatic N) is 2. The Morgan fingerprint density at radius 1 is 0.909 bits per heavy atom. The number of piperazine rings is 1. The third-order valence-corrected chi connectivity index (χ3v) is 4.87. The van der Waals surface area contributed by atoms with Crippen molar-refractivity contribution in [2.45, 2.75) is 44.6 Å². The first-order valence-corrected chi connectivity index (χ1v) is 8.25. The molecule has 1 aliphatic carbocycles. The minimum atomic E-state index is -0.379. The van der Waals surface area contributed by atoms with Crippen LogP contribution in [0.15, 0.2) is 9.59 Å². The topological polar surface area (TPSA) is 69.7 Å². The van der Waals surface area contributed by atoms with Gasteiger partial charge in [-0.3, -0.25) is 14.4 Å². The lowest BCUT2D eigenvalue weighted by Gasteiger charge is -2.35. The fourth-order valence-corrected chi connectivity index (χ4v) is 3.49. The number of hydrogen-bond acceptors (Lipinski definition) is 5. The maximum atomic E-state index is 12.0. The van der Waals surface area contributed by atoms with Crippen molar-refractivity contribution in [3.63, 3.8) is 0 Å². The summed E-state index contributed by atoms with van der Waals surface area (Å²) in [6, 6.07) is 0.306. The second-order valence-electron chi connectivity index (χ2n) is 6.34. The lowest BCUT2D eigenvalue weighted by Crippen LogP contribution is -2.51. The summed E-state index contributed by atoms with van der Waals surface area (Å²) < 4.78 is 0. The molecule has 6 heteroatoms. The molecule has 2 aliphatic rings. The minimum Gasteiger partial charge on any atom is -0.377 e. The van der Waals surface area contributed by atoms with Crippen LogP contribution in [0.5, 0.6) is 0 Å². The lowest BCUT2D eigenvalue weighted by molar-refractivity contribution is -0.118. The van der Waals surface area contributed by atoms with Gasteiger partial charge in [-0.05, 0) is 12.8 Å². The largest absolute Gasteiger partial charge is 0.377 e. The Balaban J connectivity index is 1.70. The standard InChI is InChI=1S/C16H23N3O3/c20-11-18-7-9-19(10-8-18)14-13(15(21)16(14)22)17-12-5-3-1-2-4-6-12/h11-12,17H,1-10H2. The molecule has 1 saturated heterocycles. The minimum absolute atomic E-state index is 0.306. The van der Waals surface area contributed by atoms with Gasteiger partial charge >= 0.3 is 0 Å². The third kappa shape index (κ3) is 2.87. The van der Waals surface area contributed by atoms with E-state index < -0.39 is 0 Å². The van der Waals surface area contributed by atoms with Crippen molar-refractivity contribution < 1.29 is 4.79 Å². The highest BCUT2D eigenvalue weighted by atomic mass is 16.2. The van der Waals surface area contributed by atoms with E-state index >= 15 is 0 Å². The molecule has 0 atom stereocenters. The highest BCUT2D eigenvalue weighted by Gasteiger charge is 2.29. The Kier molecular flexibility index (Phi) is 4.45. The van der Waals surface area contributed by atoms with Crippen molar-refractivity contribution in [3.05, 3.63) is 20.4 Å². The first-order valence-electron chi connectivity index (χ1n) is 8.25. The van der Waals surface area contributed by atoms with Crippen LogP contribution in [0.25, 0.3) is 0 Å². The van der Waals surface area contributed by atoms with Crippen molar-refractivity contribution in [2.75, 3.05) is 36.4 Å². The summed E-state index contributed by atoms with van der Waals surface area (Å²) in [6.07, 6.45) is 7.84. The van der Waals surface area contributed by atoms with Gasteiger partial charge in [0.15, 0.2) is 0 Å². The molecule has 1 saturated carbocycles. The fourth-order valence-electron chi connectivity index (χ4n) is 3.49. The average Bonchev–Trinajstić information content (AvgIpc) is 2.83. The molecular weight excluding hydrogens is 282 g/mol. The van der Waals surface area contributed by atoms with Crippen LogP contribution in [0.4, 0.5) is 11.4 Å². The fraction of sp³-hybridized carbons (Fsp3) is 0.688. The molecule has 0 unspecified atom stereocenters. The predicted octanol–water partition coefficient (Wildman–Crippen LogP) is 0.696. The van der Waals surface area contributed by atoms with Gasteiger partial charge in [0.25, 0.3) is 10.9 Å². The van der Waals surface area contributed by atoms with Gasteiger partial charge in [0.05, 0.1) is 0 Å². The van der Waals surface area contributed by atoms with E-state index in [0.29, 0.717) is 43.6 Å². The zero-order valence-electron chi connectivity index (χ0n) is 12.8. The summed E-state index contributed by atoms with van der Waals surface area (Å²) in [4.78, 5) is 38.3. The summed E-state index contributed by atoms with van der Waals surface area (Å²) >= 11 is 0. The van der Waals surface area contributed by atoms with Crippen molar-refractivity contribution >= 4 is 17.8 Å². The van der Waals surface area contributed by atoms with E-state index in [9.17, 15) is 14.4 Å². The van der Waals surface area contributed by atoms with Crippen molar-refractivity contribution in [3.8, 4) is 0 Å². The van der Waals surface area contributed by atoms with Crippen molar-refractivity contribution in [2.24, 2.45) is 0 Å². The number of hydrogen-bond donors (Lipinski definition) is 1. The molecule has 22 heavy (non-hydrogen) atoms. The van der Waals surface area contributed by atoms with E-state index in [0.717, 1.165) is 19.3 Å². The molecule has 2 fully saturated rings. The molecule has 0 aromatic heterocycles. The van der Waals surface area contributed by atoms with Gasteiger partial charge in [0.1, 0.15) is 11.4 Å². The molecule has 6 nitrogen and oxygen atoms in total. The third-order valence-electron chi connectivity index (χ3n) is 4.87. The Bertz CT molecular complexity index is 590. The highest BCUT2D eigenvalue weighted by Crippen LogP contribution is 2.26. The zero-order chi connectivity index (χ0) is 15.5. The van der Waals surface area contributed by atoms with E-state index in [1.165, 1.54) is 25.7 Å². The van der Waals surface area contributed by atoms with Crippen LogP contribution in [0.1, 0.15) is 38.5 Å². The van der Waals surface area contributed by atoms with E-state index in [1.807, 2.05) is 4.90 Å². The first kappa shape index (κ1) is 15.1. The van der Waals surface area contributed by atoms with Crippen LogP contribution < -0.4 is 21.1 Å². The second-order valence-corrected chi connectivity index (χ2v) is 6.34. The SMILES string of the molecule is O=CN1CCN(c2c(NC3CCCCCC3)c(=O)c2=O)CC1. The molecule has 0 bridgehead atoms. The van der Waals surface area contributed by atoms with Crippen molar-refractivity contribution in [1.29, 1.82) is 0 Å². The maximum absolute atomic E-state index is 12.0. The van der Waals surface area contributed by atoms with Crippen LogP contribution in [0.3, 0.4) is 0 Å². The smallest absolute Gasteiger partial charge is 0.253 e. The number of nitrogens with one attached hydrogen (secondary N) is 1. The Hall–Kier alpha value is -1.85. The lowest BCUT2D eigenvalue weighted by atomic mass is 10.1. The Morgan fingerprint density at radius 3 is 2.14 bits per heavy atom. The molecule has 0 radical (unpaired) electrons. The van der Waals surface area contributed by atoms with Gasteiger partial charge in [-0.15, -0.1) is 0 Å². The summed E-state index contributed by atoms with van der Waals surface area (Å²) in [5.74, 6) is 0. The molecule has 1 aromatic rings. The van der Waals surface area contributed by atoms with Crippen LogP contribution in [-0.4, -0.2) is 43.5 Å². The molecule has 1 aliphatic heterocycles. The zero-order valence-corrected chi connectivity index (χ0v) is 12.8. The van der Waals surface area contributed by atoms with Crippen LogP contribution in [0.2, 0.25) is 0 Å². The molecule has 1 heterocycles. The number of rotatable bonds is 4. The molecule has 120 valence electrons. The summed E-state index contributed by atoms with van der Waals surface area (Å²) in [6.45, 7) is 2.43. The molecular formula is C16H23N3O3. The van der Waals surface area contributed by atoms with Crippen LogP contribution in [-0.2, 0) is 4.79 Å². The molecule has 0 spiro atoms.